The molecule has 0 unspecified atom stereocenters. The molecule has 3 rings (SSSR count). The molecule has 2 aromatic carbocycles. The highest BCUT2D eigenvalue weighted by Crippen LogP contribution is 2.35. The van der Waals surface area contributed by atoms with E-state index in [4.69, 9.17) is 0 Å². The summed E-state index contributed by atoms with van der Waals surface area (Å²) in [6.07, 6.45) is 0.823. The van der Waals surface area contributed by atoms with E-state index in [1.54, 1.807) is 24.3 Å². The number of aromatic hydroxyl groups is 3. The van der Waals surface area contributed by atoms with E-state index in [1.807, 2.05) is 6.92 Å². The lowest BCUT2D eigenvalue weighted by molar-refractivity contribution is 0.0697. The first-order valence-corrected chi connectivity index (χ1v) is 10.3. The number of benzene rings is 2. The first-order valence-electron chi connectivity index (χ1n) is 8.87. The predicted molar refractivity (Wildman–Crippen MR) is 102 cm³/mol. The van der Waals surface area contributed by atoms with Crippen LogP contribution in [0.2, 0.25) is 0 Å². The van der Waals surface area contributed by atoms with Crippen LogP contribution in [0.15, 0.2) is 41.3 Å². The van der Waals surface area contributed by atoms with Crippen molar-refractivity contribution < 1.29 is 28.5 Å². The highest BCUT2D eigenvalue weighted by atomic mass is 32.2. The number of sulfonamides is 1. The van der Waals surface area contributed by atoms with Gasteiger partial charge in [-0.1, -0.05) is 19.1 Å². The number of hydrogen-bond donors (Lipinski definition) is 3. The highest BCUT2D eigenvalue weighted by molar-refractivity contribution is 7.89. The lowest BCUT2D eigenvalue weighted by Gasteiger charge is -2.34. The summed E-state index contributed by atoms with van der Waals surface area (Å²) < 4.78 is 26.9. The number of rotatable bonds is 4. The molecule has 8 nitrogen and oxygen atoms in total. The summed E-state index contributed by atoms with van der Waals surface area (Å²) in [4.78, 5) is 14.2. The van der Waals surface area contributed by atoms with Crippen LogP contribution in [0.25, 0.3) is 0 Å². The van der Waals surface area contributed by atoms with Gasteiger partial charge in [-0.15, -0.1) is 0 Å². The van der Waals surface area contributed by atoms with Gasteiger partial charge in [-0.25, -0.2) is 8.42 Å². The summed E-state index contributed by atoms with van der Waals surface area (Å²) in [7, 11) is -3.64. The summed E-state index contributed by atoms with van der Waals surface area (Å²) in [6, 6.07) is 8.89. The van der Waals surface area contributed by atoms with Gasteiger partial charge in [0.25, 0.3) is 5.91 Å². The van der Waals surface area contributed by atoms with Gasteiger partial charge >= 0.3 is 0 Å². The van der Waals surface area contributed by atoms with Gasteiger partial charge in [0.2, 0.25) is 10.0 Å². The normalized spacial score (nSPS) is 15.5. The summed E-state index contributed by atoms with van der Waals surface area (Å²) >= 11 is 0. The number of piperazine rings is 1. The molecule has 1 amide bonds. The molecule has 1 aliphatic heterocycles. The zero-order chi connectivity index (χ0) is 20.5. The minimum atomic E-state index is -3.64. The summed E-state index contributed by atoms with van der Waals surface area (Å²) in [5, 5.41) is 28.5. The smallest absolute Gasteiger partial charge is 0.254 e. The Bertz CT molecular complexity index is 957. The molecule has 0 spiro atoms. The van der Waals surface area contributed by atoms with E-state index in [-0.39, 0.29) is 36.6 Å². The molecule has 9 heteroatoms. The third-order valence-electron chi connectivity index (χ3n) is 4.81. The Labute approximate surface area is 163 Å². The number of phenolic OH excluding ortho intramolecular Hbond substituents is 3. The molecule has 0 radical (unpaired) electrons. The molecule has 1 heterocycles. The lowest BCUT2D eigenvalue weighted by atomic mass is 10.1. The van der Waals surface area contributed by atoms with Crippen LogP contribution >= 0.6 is 0 Å². The molecule has 0 aliphatic carbocycles. The van der Waals surface area contributed by atoms with Crippen LogP contribution in [-0.4, -0.2) is 65.0 Å². The van der Waals surface area contributed by atoms with E-state index in [2.05, 4.69) is 0 Å². The number of carbonyl (C=O) groups excluding carboxylic acids is 1. The fourth-order valence-corrected chi connectivity index (χ4v) is 4.51. The second-order valence-electron chi connectivity index (χ2n) is 6.56. The molecule has 3 N–H and O–H groups in total. The topological polar surface area (TPSA) is 118 Å². The van der Waals surface area contributed by atoms with Crippen molar-refractivity contribution in [1.82, 2.24) is 9.21 Å². The number of phenols is 3. The zero-order valence-electron chi connectivity index (χ0n) is 15.4. The van der Waals surface area contributed by atoms with Gasteiger partial charge in [0.15, 0.2) is 17.2 Å². The molecule has 28 heavy (non-hydrogen) atoms. The van der Waals surface area contributed by atoms with Gasteiger partial charge < -0.3 is 20.2 Å². The lowest BCUT2D eigenvalue weighted by Crippen LogP contribution is -2.50. The first kappa shape index (κ1) is 20.0. The van der Waals surface area contributed by atoms with Crippen LogP contribution in [0.1, 0.15) is 22.8 Å². The van der Waals surface area contributed by atoms with Crippen LogP contribution < -0.4 is 0 Å². The molecular formula is C19H22N2O6S. The van der Waals surface area contributed by atoms with Crippen molar-refractivity contribution in [2.24, 2.45) is 0 Å². The van der Waals surface area contributed by atoms with Gasteiger partial charge in [-0.05, 0) is 36.2 Å². The molecule has 0 aromatic heterocycles. The molecule has 0 atom stereocenters. The first-order chi connectivity index (χ1) is 13.2. The summed E-state index contributed by atoms with van der Waals surface area (Å²) in [5.74, 6) is -2.35. The quantitative estimate of drug-likeness (QED) is 0.663. The van der Waals surface area contributed by atoms with E-state index in [9.17, 15) is 28.5 Å². The summed E-state index contributed by atoms with van der Waals surface area (Å²) in [6.45, 7) is 2.62. The second kappa shape index (κ2) is 7.69. The van der Waals surface area contributed by atoms with Crippen LogP contribution in [0.5, 0.6) is 17.2 Å². The van der Waals surface area contributed by atoms with Crippen molar-refractivity contribution in [1.29, 1.82) is 0 Å². The number of nitrogens with zero attached hydrogens (tertiary/aromatic N) is 2. The maximum atomic E-state index is 12.8. The molecule has 1 aliphatic rings. The molecular weight excluding hydrogens is 384 g/mol. The van der Waals surface area contributed by atoms with Crippen LogP contribution in [-0.2, 0) is 16.4 Å². The Balaban J connectivity index is 1.70. The third kappa shape index (κ3) is 3.76. The Hall–Kier alpha value is -2.78. The Morgan fingerprint density at radius 2 is 1.50 bits per heavy atom. The van der Waals surface area contributed by atoms with E-state index < -0.39 is 33.2 Å². The van der Waals surface area contributed by atoms with Crippen LogP contribution in [0, 0.1) is 0 Å². The Morgan fingerprint density at radius 1 is 0.964 bits per heavy atom. The van der Waals surface area contributed by atoms with Crippen molar-refractivity contribution in [3.63, 3.8) is 0 Å². The third-order valence-corrected chi connectivity index (χ3v) is 6.72. The minimum Gasteiger partial charge on any atom is -0.504 e. The SMILES string of the molecule is CCc1ccc(S(=O)(=O)N2CCN(C(=O)c3cc(O)c(O)c(O)c3)CC2)cc1. The minimum absolute atomic E-state index is 0.0132. The van der Waals surface area contributed by atoms with Gasteiger partial charge in [-0.3, -0.25) is 4.79 Å². The maximum Gasteiger partial charge on any atom is 0.254 e. The number of amides is 1. The fourth-order valence-electron chi connectivity index (χ4n) is 3.09. The average Bonchev–Trinajstić information content (AvgIpc) is 2.71. The van der Waals surface area contributed by atoms with Crippen LogP contribution in [0.4, 0.5) is 0 Å². The second-order valence-corrected chi connectivity index (χ2v) is 8.49. The monoisotopic (exact) mass is 406 g/mol. The number of hydrogen-bond acceptors (Lipinski definition) is 6. The van der Waals surface area contributed by atoms with E-state index >= 15 is 0 Å². The number of carbonyl (C=O) groups is 1. The van der Waals surface area contributed by atoms with Crippen LogP contribution in [0.3, 0.4) is 0 Å². The molecule has 150 valence electrons. The Kier molecular flexibility index (Phi) is 5.48. The zero-order valence-corrected chi connectivity index (χ0v) is 16.2. The standard InChI is InChI=1S/C19H22N2O6S/c1-2-13-3-5-15(6-4-13)28(26,27)21-9-7-20(8-10-21)19(25)14-11-16(22)18(24)17(23)12-14/h3-6,11-12,22-24H,2,7-10H2,1H3. The van der Waals surface area contributed by atoms with E-state index in [1.165, 1.54) is 9.21 Å². The van der Waals surface area contributed by atoms with Gasteiger partial charge in [0, 0.05) is 31.7 Å². The fraction of sp³-hybridized carbons (Fsp3) is 0.316. The average molecular weight is 406 g/mol. The summed E-state index contributed by atoms with van der Waals surface area (Å²) in [5.41, 5.74) is 1.06. The Morgan fingerprint density at radius 3 is 2.00 bits per heavy atom. The van der Waals surface area contributed by atoms with Gasteiger partial charge in [-0.2, -0.15) is 4.31 Å². The predicted octanol–water partition coefficient (Wildman–Crippen LogP) is 1.51. The largest absolute Gasteiger partial charge is 0.504 e. The van der Waals surface area contributed by atoms with Crippen molar-refractivity contribution in [2.45, 2.75) is 18.2 Å². The van der Waals surface area contributed by atoms with E-state index in [0.717, 1.165) is 24.1 Å². The molecule has 0 saturated carbocycles. The van der Waals surface area contributed by atoms with Gasteiger partial charge in [0.05, 0.1) is 4.90 Å². The molecule has 1 saturated heterocycles. The van der Waals surface area contributed by atoms with Crippen molar-refractivity contribution >= 4 is 15.9 Å². The van der Waals surface area contributed by atoms with Gasteiger partial charge in [0.1, 0.15) is 0 Å². The van der Waals surface area contributed by atoms with E-state index in [0.29, 0.717) is 0 Å². The maximum absolute atomic E-state index is 12.8. The molecule has 1 fully saturated rings. The molecule has 2 aromatic rings. The van der Waals surface area contributed by atoms with Crippen molar-refractivity contribution in [2.75, 3.05) is 26.2 Å². The number of aryl methyl sites for hydroxylation is 1. The van der Waals surface area contributed by atoms with Crippen molar-refractivity contribution in [3.05, 3.63) is 47.5 Å². The van der Waals surface area contributed by atoms with Crippen molar-refractivity contribution in [3.8, 4) is 17.2 Å². The molecule has 0 bridgehead atoms. The highest BCUT2D eigenvalue weighted by Gasteiger charge is 2.30.